The van der Waals surface area contributed by atoms with Crippen LogP contribution in [0.25, 0.3) is 0 Å². The Morgan fingerprint density at radius 1 is 1.02 bits per heavy atom. The standard InChI is InChI=1S/C24H21N7O8S2/c32-23(16-4-3-5-18(14-16)30(34)35)27-28-25-15-19-8-9-22(40-19)41(38,39)29-12-10-17(11-13-29)26-24(33)20-6-1-2-7-21(20)31(36)37/h1-9,14,17H,10-13,15H2/p+1. The molecule has 1 saturated heterocycles. The van der Waals surface area contributed by atoms with Crippen LogP contribution in [0, 0.1) is 20.2 Å². The summed E-state index contributed by atoms with van der Waals surface area (Å²) in [4.78, 5) is 49.4. The second kappa shape index (κ2) is 12.6. The molecule has 2 aromatic carbocycles. The Bertz CT molecular complexity index is 1670. The zero-order valence-electron chi connectivity index (χ0n) is 21.2. The van der Waals surface area contributed by atoms with Crippen molar-refractivity contribution in [3.8, 4) is 0 Å². The van der Waals surface area contributed by atoms with E-state index in [0.29, 0.717) is 17.7 Å². The number of para-hydroxylation sites is 1. The number of hydrogen-bond acceptors (Lipinski definition) is 10. The van der Waals surface area contributed by atoms with Crippen LogP contribution in [0.1, 0.15) is 38.4 Å². The summed E-state index contributed by atoms with van der Waals surface area (Å²) >= 11 is 0.988. The van der Waals surface area contributed by atoms with E-state index in [4.69, 9.17) is 0 Å². The molecule has 2 amide bonds. The van der Waals surface area contributed by atoms with Crippen molar-refractivity contribution >= 4 is 44.5 Å². The molecule has 0 atom stereocenters. The van der Waals surface area contributed by atoms with E-state index in [1.165, 1.54) is 52.8 Å². The van der Waals surface area contributed by atoms with Crippen LogP contribution >= 0.6 is 11.3 Å². The summed E-state index contributed by atoms with van der Waals surface area (Å²) in [6.07, 6.45) is 0.663. The van der Waals surface area contributed by atoms with E-state index in [0.717, 1.165) is 17.4 Å². The number of nitrogens with one attached hydrogen (secondary N) is 1. The molecule has 17 heteroatoms. The van der Waals surface area contributed by atoms with Crippen LogP contribution in [-0.2, 0) is 16.6 Å². The van der Waals surface area contributed by atoms with Gasteiger partial charge in [0, 0.05) is 42.2 Å². The second-order valence-corrected chi connectivity index (χ2v) is 12.1. The molecule has 4 rings (SSSR count). The van der Waals surface area contributed by atoms with E-state index in [9.17, 15) is 38.2 Å². The van der Waals surface area contributed by atoms with Gasteiger partial charge in [-0.25, -0.2) is 8.42 Å². The molecule has 15 nitrogen and oxygen atoms in total. The fourth-order valence-corrected chi connectivity index (χ4v) is 6.92. The highest BCUT2D eigenvalue weighted by Crippen LogP contribution is 2.28. The van der Waals surface area contributed by atoms with Crippen LogP contribution < -0.4 is 10.2 Å². The van der Waals surface area contributed by atoms with E-state index in [2.05, 4.69) is 20.5 Å². The molecule has 41 heavy (non-hydrogen) atoms. The number of piperidine rings is 1. The summed E-state index contributed by atoms with van der Waals surface area (Å²) in [5.74, 6) is -1.40. The monoisotopic (exact) mass is 600 g/mol. The summed E-state index contributed by atoms with van der Waals surface area (Å²) in [6.45, 7) is 0.261. The lowest BCUT2D eigenvalue weighted by molar-refractivity contribution is -0.385. The third-order valence-corrected chi connectivity index (χ3v) is 9.53. The quantitative estimate of drug-likeness (QED) is 0.166. The maximum Gasteiger partial charge on any atom is 0.360 e. The number of carbonyl (C=O) groups excluding carboxylic acids is 2. The van der Waals surface area contributed by atoms with E-state index in [-0.39, 0.29) is 52.4 Å². The van der Waals surface area contributed by atoms with Gasteiger partial charge < -0.3 is 5.32 Å². The molecule has 0 spiro atoms. The lowest BCUT2D eigenvalue weighted by atomic mass is 10.1. The van der Waals surface area contributed by atoms with Crippen molar-refractivity contribution in [2.75, 3.05) is 13.1 Å². The summed E-state index contributed by atoms with van der Waals surface area (Å²) in [6, 6.07) is 13.3. The number of benzene rings is 2. The summed E-state index contributed by atoms with van der Waals surface area (Å²) < 4.78 is 27.7. The van der Waals surface area contributed by atoms with Gasteiger partial charge in [0.05, 0.1) is 15.4 Å². The van der Waals surface area contributed by atoms with Crippen molar-refractivity contribution < 1.29 is 27.9 Å². The molecular formula is C24H22N7O8S2+. The number of non-ortho nitro benzene ring substituents is 1. The number of sulfonamides is 1. The van der Waals surface area contributed by atoms with Gasteiger partial charge in [0.1, 0.15) is 14.9 Å². The van der Waals surface area contributed by atoms with Gasteiger partial charge in [0.15, 0.2) is 6.54 Å². The molecule has 2 heterocycles. The van der Waals surface area contributed by atoms with Crippen molar-refractivity contribution in [1.29, 1.82) is 0 Å². The molecule has 1 aliphatic rings. The van der Waals surface area contributed by atoms with E-state index in [1.807, 2.05) is 0 Å². The van der Waals surface area contributed by atoms with Gasteiger partial charge in [0.2, 0.25) is 10.0 Å². The average Bonchev–Trinajstić information content (AvgIpc) is 3.45. The number of rotatable bonds is 9. The second-order valence-electron chi connectivity index (χ2n) is 8.75. The van der Waals surface area contributed by atoms with Crippen LogP contribution in [0.4, 0.5) is 11.4 Å². The number of carbonyl (C=O) groups is 2. The van der Waals surface area contributed by atoms with Crippen molar-refractivity contribution in [3.05, 3.63) is 96.9 Å². The zero-order valence-corrected chi connectivity index (χ0v) is 22.8. The van der Waals surface area contributed by atoms with Crippen molar-refractivity contribution in [2.24, 2.45) is 10.2 Å². The highest BCUT2D eigenvalue weighted by atomic mass is 32.2. The van der Waals surface area contributed by atoms with Gasteiger partial charge in [-0.1, -0.05) is 18.2 Å². The fourth-order valence-electron chi connectivity index (χ4n) is 4.02. The number of nitrogens with zero attached hydrogens (tertiary/aromatic N) is 6. The first-order valence-electron chi connectivity index (χ1n) is 12.1. The molecule has 1 fully saturated rings. The Labute approximate surface area is 236 Å². The number of thiophene rings is 1. The zero-order chi connectivity index (χ0) is 29.6. The maximum atomic E-state index is 13.1. The molecule has 0 saturated carbocycles. The molecule has 3 aromatic rings. The Morgan fingerprint density at radius 3 is 2.46 bits per heavy atom. The van der Waals surface area contributed by atoms with Crippen LogP contribution in [0.3, 0.4) is 0 Å². The summed E-state index contributed by atoms with van der Waals surface area (Å²) in [5.41, 5.74) is -0.645. The minimum Gasteiger partial charge on any atom is -0.349 e. The van der Waals surface area contributed by atoms with Crippen LogP contribution in [0.5, 0.6) is 0 Å². The SMILES string of the molecule is O=C(N=[N+]=NCc1ccc(S(=O)(=O)N2CCC(NC(=O)c3ccccc3[N+](=O)[O-])CC2)s1)c1cccc([N+](=O)[O-])c1. The van der Waals surface area contributed by atoms with Crippen molar-refractivity contribution in [2.45, 2.75) is 29.6 Å². The van der Waals surface area contributed by atoms with Crippen LogP contribution in [0.2, 0.25) is 0 Å². The molecule has 0 aliphatic carbocycles. The maximum absolute atomic E-state index is 13.1. The van der Waals surface area contributed by atoms with E-state index >= 15 is 0 Å². The molecule has 1 aliphatic heterocycles. The summed E-state index contributed by atoms with van der Waals surface area (Å²) in [7, 11) is -3.81. The van der Waals surface area contributed by atoms with Crippen LogP contribution in [-0.4, -0.2) is 53.5 Å². The Hall–Kier alpha value is -4.70. The first-order valence-corrected chi connectivity index (χ1v) is 14.3. The fraction of sp³-hybridized carbons (Fsp3) is 0.250. The van der Waals surface area contributed by atoms with Gasteiger partial charge in [-0.2, -0.15) is 4.31 Å². The van der Waals surface area contributed by atoms with Gasteiger partial charge in [-0.05, 0) is 37.1 Å². The lowest BCUT2D eigenvalue weighted by Crippen LogP contribution is -2.46. The Morgan fingerprint density at radius 2 is 1.76 bits per heavy atom. The van der Waals surface area contributed by atoms with Gasteiger partial charge in [-0.15, -0.1) is 11.3 Å². The van der Waals surface area contributed by atoms with Gasteiger partial charge in [-0.3, -0.25) is 29.8 Å². The molecule has 0 radical (unpaired) electrons. The smallest absolute Gasteiger partial charge is 0.349 e. The first kappa shape index (κ1) is 29.3. The predicted molar refractivity (Wildman–Crippen MR) is 145 cm³/mol. The minimum absolute atomic E-state index is 0.0210. The number of hydrogen-bond donors (Lipinski definition) is 1. The van der Waals surface area contributed by atoms with Crippen molar-refractivity contribution in [3.63, 3.8) is 0 Å². The largest absolute Gasteiger partial charge is 0.360 e. The normalized spacial score (nSPS) is 14.0. The van der Waals surface area contributed by atoms with Gasteiger partial charge in [0.25, 0.3) is 27.3 Å². The van der Waals surface area contributed by atoms with E-state index in [1.54, 1.807) is 6.07 Å². The highest BCUT2D eigenvalue weighted by molar-refractivity contribution is 7.91. The molecule has 0 bridgehead atoms. The Kier molecular flexibility index (Phi) is 9.04. The summed E-state index contributed by atoms with van der Waals surface area (Å²) in [5, 5.41) is 32.0. The average molecular weight is 601 g/mol. The number of nitro benzene ring substituents is 2. The molecule has 1 N–H and O–H groups in total. The highest BCUT2D eigenvalue weighted by Gasteiger charge is 2.32. The third-order valence-electron chi connectivity index (χ3n) is 6.09. The molecular weight excluding hydrogens is 578 g/mol. The van der Waals surface area contributed by atoms with E-state index < -0.39 is 31.7 Å². The minimum atomic E-state index is -3.81. The molecule has 0 unspecified atom stereocenters. The third kappa shape index (κ3) is 7.09. The Balaban J connectivity index is 1.32. The number of amides is 2. The van der Waals surface area contributed by atoms with Crippen LogP contribution in [0.15, 0.2) is 75.1 Å². The lowest BCUT2D eigenvalue weighted by Gasteiger charge is -2.31. The first-order chi connectivity index (χ1) is 19.6. The topological polar surface area (TPSA) is 209 Å². The molecule has 1 aromatic heterocycles. The van der Waals surface area contributed by atoms with Gasteiger partial charge >= 0.3 is 5.91 Å². The molecule has 212 valence electrons. The van der Waals surface area contributed by atoms with Crippen molar-refractivity contribution in [1.82, 2.24) is 14.5 Å². The predicted octanol–water partition coefficient (Wildman–Crippen LogP) is 3.46. The number of nitro groups is 2.